The average Bonchev–Trinajstić information content (AvgIpc) is 2.59. The summed E-state index contributed by atoms with van der Waals surface area (Å²) in [7, 11) is 0. The third-order valence-corrected chi connectivity index (χ3v) is 4.22. The van der Waals surface area contributed by atoms with Crippen molar-refractivity contribution in [1.82, 2.24) is 10.2 Å². The van der Waals surface area contributed by atoms with Gasteiger partial charge in [0.05, 0.1) is 12.1 Å². The number of benzene rings is 2. The molecule has 0 saturated carbocycles. The fourth-order valence-electron chi connectivity index (χ4n) is 2.91. The normalized spacial score (nSPS) is 18.0. The molecule has 1 aliphatic rings. The maximum absolute atomic E-state index is 12.6. The first-order valence-corrected chi connectivity index (χ1v) is 8.11. The molecule has 4 nitrogen and oxygen atoms in total. The lowest BCUT2D eigenvalue weighted by Gasteiger charge is -2.32. The number of hydrogen-bond donors (Lipinski definition) is 1. The first-order valence-electron chi connectivity index (χ1n) is 8.11. The lowest BCUT2D eigenvalue weighted by molar-refractivity contribution is -0.144. The number of halogens is 3. The van der Waals surface area contributed by atoms with Gasteiger partial charge in [-0.05, 0) is 23.3 Å². The summed E-state index contributed by atoms with van der Waals surface area (Å²) in [6.07, 6.45) is -4.26. The SMILES string of the molecule is O=C1CN(Cc2ccccc2)C(=O)[C@@H](Cc2ccc(C(F)(F)F)cc2)N1. The van der Waals surface area contributed by atoms with Crippen molar-refractivity contribution in [1.29, 1.82) is 0 Å². The summed E-state index contributed by atoms with van der Waals surface area (Å²) in [5.41, 5.74) is 0.716. The molecule has 136 valence electrons. The van der Waals surface area contributed by atoms with Crippen LogP contribution in [0.25, 0.3) is 0 Å². The molecule has 1 atom stereocenters. The minimum Gasteiger partial charge on any atom is -0.342 e. The van der Waals surface area contributed by atoms with Crippen LogP contribution in [-0.4, -0.2) is 29.3 Å². The summed E-state index contributed by atoms with van der Waals surface area (Å²) in [6, 6.07) is 13.1. The lowest BCUT2D eigenvalue weighted by atomic mass is 10.0. The molecule has 2 aromatic rings. The molecule has 0 aromatic heterocycles. The Balaban J connectivity index is 1.71. The second-order valence-corrected chi connectivity index (χ2v) is 6.20. The number of alkyl halides is 3. The smallest absolute Gasteiger partial charge is 0.342 e. The third kappa shape index (κ3) is 4.22. The Morgan fingerprint density at radius 3 is 2.23 bits per heavy atom. The molecular weight excluding hydrogens is 345 g/mol. The van der Waals surface area contributed by atoms with Crippen LogP contribution >= 0.6 is 0 Å². The Kier molecular flexibility index (Phi) is 4.97. The predicted octanol–water partition coefficient (Wildman–Crippen LogP) is 2.78. The van der Waals surface area contributed by atoms with Gasteiger partial charge < -0.3 is 10.2 Å². The van der Waals surface area contributed by atoms with Gasteiger partial charge in [-0.3, -0.25) is 9.59 Å². The van der Waals surface area contributed by atoms with E-state index < -0.39 is 17.8 Å². The molecule has 7 heteroatoms. The molecule has 1 fully saturated rings. The molecule has 0 bridgehead atoms. The number of piperazine rings is 1. The van der Waals surface area contributed by atoms with Crippen molar-refractivity contribution in [3.8, 4) is 0 Å². The van der Waals surface area contributed by atoms with Gasteiger partial charge in [0.2, 0.25) is 11.8 Å². The Morgan fingerprint density at radius 2 is 1.62 bits per heavy atom. The van der Waals surface area contributed by atoms with Crippen molar-refractivity contribution < 1.29 is 22.8 Å². The lowest BCUT2D eigenvalue weighted by Crippen LogP contribution is -2.58. The molecule has 1 aliphatic heterocycles. The number of amides is 2. The highest BCUT2D eigenvalue weighted by Crippen LogP contribution is 2.29. The van der Waals surface area contributed by atoms with Crippen LogP contribution in [0.15, 0.2) is 54.6 Å². The monoisotopic (exact) mass is 362 g/mol. The summed E-state index contributed by atoms with van der Waals surface area (Å²) in [5, 5.41) is 2.62. The molecule has 3 rings (SSSR count). The third-order valence-electron chi connectivity index (χ3n) is 4.22. The van der Waals surface area contributed by atoms with Crippen molar-refractivity contribution in [3.63, 3.8) is 0 Å². The zero-order chi connectivity index (χ0) is 18.7. The minimum atomic E-state index is -4.40. The molecule has 0 aliphatic carbocycles. The van der Waals surface area contributed by atoms with Crippen molar-refractivity contribution in [2.75, 3.05) is 6.54 Å². The summed E-state index contributed by atoms with van der Waals surface area (Å²) >= 11 is 0. The maximum atomic E-state index is 12.6. The second kappa shape index (κ2) is 7.19. The zero-order valence-electron chi connectivity index (χ0n) is 13.8. The predicted molar refractivity (Wildman–Crippen MR) is 88.9 cm³/mol. The Morgan fingerprint density at radius 1 is 0.962 bits per heavy atom. The van der Waals surface area contributed by atoms with Crippen LogP contribution in [0.1, 0.15) is 16.7 Å². The van der Waals surface area contributed by atoms with Crippen LogP contribution in [-0.2, 0) is 28.7 Å². The van der Waals surface area contributed by atoms with Crippen LogP contribution in [0.4, 0.5) is 13.2 Å². The Hall–Kier alpha value is -2.83. The van der Waals surface area contributed by atoms with E-state index in [0.717, 1.165) is 17.7 Å². The molecule has 1 N–H and O–H groups in total. The zero-order valence-corrected chi connectivity index (χ0v) is 13.8. The number of rotatable bonds is 4. The van der Waals surface area contributed by atoms with Crippen LogP contribution in [0.5, 0.6) is 0 Å². The molecule has 2 aromatic carbocycles. The van der Waals surface area contributed by atoms with Crippen LogP contribution in [0.3, 0.4) is 0 Å². The fourth-order valence-corrected chi connectivity index (χ4v) is 2.91. The molecule has 1 saturated heterocycles. The number of carbonyl (C=O) groups excluding carboxylic acids is 2. The number of nitrogens with zero attached hydrogens (tertiary/aromatic N) is 1. The molecule has 1 heterocycles. The van der Waals surface area contributed by atoms with E-state index in [0.29, 0.717) is 12.1 Å². The standard InChI is InChI=1S/C19H17F3N2O2/c20-19(21,22)15-8-6-13(7-9-15)10-16-18(26)24(12-17(25)23-16)11-14-4-2-1-3-5-14/h1-9,16H,10-12H2,(H,23,25)/t16-/m1/s1. The highest BCUT2D eigenvalue weighted by Gasteiger charge is 2.33. The van der Waals surface area contributed by atoms with E-state index >= 15 is 0 Å². The van der Waals surface area contributed by atoms with E-state index in [1.807, 2.05) is 30.3 Å². The van der Waals surface area contributed by atoms with E-state index in [9.17, 15) is 22.8 Å². The Labute approximate surface area is 148 Å². The second-order valence-electron chi connectivity index (χ2n) is 6.20. The summed E-state index contributed by atoms with van der Waals surface area (Å²) in [4.78, 5) is 26.0. The molecule has 26 heavy (non-hydrogen) atoms. The fraction of sp³-hybridized carbons (Fsp3) is 0.263. The average molecular weight is 362 g/mol. The van der Waals surface area contributed by atoms with E-state index in [-0.39, 0.29) is 24.8 Å². The van der Waals surface area contributed by atoms with Gasteiger partial charge in [-0.25, -0.2) is 0 Å². The van der Waals surface area contributed by atoms with Gasteiger partial charge in [0.15, 0.2) is 0 Å². The quantitative estimate of drug-likeness (QED) is 0.909. The van der Waals surface area contributed by atoms with Gasteiger partial charge in [0.25, 0.3) is 0 Å². The first kappa shape index (κ1) is 18.0. The molecular formula is C19H17F3N2O2. The van der Waals surface area contributed by atoms with Crippen molar-refractivity contribution in [2.45, 2.75) is 25.2 Å². The first-order chi connectivity index (χ1) is 12.3. The molecule has 2 amide bonds. The molecule has 0 spiro atoms. The van der Waals surface area contributed by atoms with E-state index in [1.165, 1.54) is 17.0 Å². The van der Waals surface area contributed by atoms with Crippen molar-refractivity contribution in [3.05, 3.63) is 71.3 Å². The van der Waals surface area contributed by atoms with Crippen molar-refractivity contribution >= 4 is 11.8 Å². The highest BCUT2D eigenvalue weighted by atomic mass is 19.4. The summed E-state index contributed by atoms with van der Waals surface area (Å²) in [6.45, 7) is 0.286. The van der Waals surface area contributed by atoms with Gasteiger partial charge in [0, 0.05) is 13.0 Å². The van der Waals surface area contributed by atoms with Gasteiger partial charge in [-0.2, -0.15) is 13.2 Å². The maximum Gasteiger partial charge on any atom is 0.416 e. The Bertz CT molecular complexity index is 789. The number of hydrogen-bond acceptors (Lipinski definition) is 2. The van der Waals surface area contributed by atoms with Gasteiger partial charge in [0.1, 0.15) is 6.04 Å². The minimum absolute atomic E-state index is 0.0305. The molecule has 0 radical (unpaired) electrons. The van der Waals surface area contributed by atoms with Crippen molar-refractivity contribution in [2.24, 2.45) is 0 Å². The topological polar surface area (TPSA) is 49.4 Å². The van der Waals surface area contributed by atoms with Crippen LogP contribution in [0, 0.1) is 0 Å². The summed E-state index contributed by atoms with van der Waals surface area (Å²) < 4.78 is 37.9. The van der Waals surface area contributed by atoms with E-state index in [2.05, 4.69) is 5.32 Å². The van der Waals surface area contributed by atoms with Gasteiger partial charge in [-0.15, -0.1) is 0 Å². The summed E-state index contributed by atoms with van der Waals surface area (Å²) in [5.74, 6) is -0.522. The highest BCUT2D eigenvalue weighted by molar-refractivity contribution is 5.95. The van der Waals surface area contributed by atoms with E-state index in [1.54, 1.807) is 0 Å². The largest absolute Gasteiger partial charge is 0.416 e. The van der Waals surface area contributed by atoms with E-state index in [4.69, 9.17) is 0 Å². The number of carbonyl (C=O) groups is 2. The van der Waals surface area contributed by atoms with Gasteiger partial charge in [-0.1, -0.05) is 42.5 Å². The van der Waals surface area contributed by atoms with Crippen LogP contribution in [0.2, 0.25) is 0 Å². The number of nitrogens with one attached hydrogen (secondary N) is 1. The van der Waals surface area contributed by atoms with Gasteiger partial charge >= 0.3 is 6.18 Å². The molecule has 0 unspecified atom stereocenters. The van der Waals surface area contributed by atoms with Crippen LogP contribution < -0.4 is 5.32 Å².